The minimum atomic E-state index is -3.32. The van der Waals surface area contributed by atoms with Gasteiger partial charge in [-0.15, -0.1) is 0 Å². The smallest absolute Gasteiger partial charge is 0.216 e. The average molecular weight is 310 g/mol. The molecule has 0 radical (unpaired) electrons. The maximum Gasteiger partial charge on any atom is 0.216 e. The quantitative estimate of drug-likeness (QED) is 0.848. The van der Waals surface area contributed by atoms with Gasteiger partial charge in [0, 0.05) is 12.6 Å². The number of nitrogens with one attached hydrogen (secondary N) is 1. The van der Waals surface area contributed by atoms with Crippen molar-refractivity contribution < 1.29 is 8.42 Å². The van der Waals surface area contributed by atoms with Crippen molar-refractivity contribution in [3.63, 3.8) is 0 Å². The average Bonchev–Trinajstić information content (AvgIpc) is 2.47. The van der Waals surface area contributed by atoms with Crippen LogP contribution in [-0.4, -0.2) is 14.5 Å². The van der Waals surface area contributed by atoms with Gasteiger partial charge < -0.3 is 5.73 Å². The van der Waals surface area contributed by atoms with Crippen LogP contribution in [0.4, 0.5) is 0 Å². The molecule has 3 N–H and O–H groups in total. The molecule has 0 bridgehead atoms. The van der Waals surface area contributed by atoms with E-state index in [9.17, 15) is 8.42 Å². The number of benzene rings is 1. The Balaban J connectivity index is 2.01. The lowest BCUT2D eigenvalue weighted by Gasteiger charge is -2.28. The molecule has 0 aromatic heterocycles. The van der Waals surface area contributed by atoms with Crippen LogP contribution in [0.1, 0.15) is 50.2 Å². The summed E-state index contributed by atoms with van der Waals surface area (Å²) in [5.41, 5.74) is 7.36. The van der Waals surface area contributed by atoms with E-state index in [0.717, 1.165) is 24.0 Å². The van der Waals surface area contributed by atoms with E-state index < -0.39 is 10.0 Å². The second-order valence-corrected chi connectivity index (χ2v) is 7.79. The van der Waals surface area contributed by atoms with Crippen molar-refractivity contribution in [2.45, 2.75) is 57.4 Å². The first-order chi connectivity index (χ1) is 10.0. The highest BCUT2D eigenvalue weighted by atomic mass is 32.2. The Morgan fingerprint density at radius 2 is 1.81 bits per heavy atom. The molecule has 1 unspecified atom stereocenters. The summed E-state index contributed by atoms with van der Waals surface area (Å²) in [6.45, 7) is 2.35. The number of nitrogens with two attached hydrogens (primary N) is 1. The summed E-state index contributed by atoms with van der Waals surface area (Å²) < 4.78 is 27.6. The van der Waals surface area contributed by atoms with E-state index in [1.165, 1.54) is 19.3 Å². The molecule has 0 spiro atoms. The highest BCUT2D eigenvalue weighted by Gasteiger charge is 2.24. The molecule has 0 heterocycles. The van der Waals surface area contributed by atoms with Crippen LogP contribution in [0.25, 0.3) is 0 Å². The molecule has 1 atom stereocenters. The number of sulfonamides is 1. The molecule has 1 fully saturated rings. The highest BCUT2D eigenvalue weighted by molar-refractivity contribution is 7.88. The van der Waals surface area contributed by atoms with E-state index in [4.69, 9.17) is 5.73 Å². The molecule has 5 heteroatoms. The first-order valence-corrected chi connectivity index (χ1v) is 9.44. The van der Waals surface area contributed by atoms with Crippen LogP contribution in [-0.2, 0) is 22.3 Å². The zero-order chi connectivity index (χ0) is 15.3. The van der Waals surface area contributed by atoms with Crippen LogP contribution in [0.3, 0.4) is 0 Å². The van der Waals surface area contributed by atoms with Crippen molar-refractivity contribution in [2.75, 3.05) is 0 Å². The fourth-order valence-electron chi connectivity index (χ4n) is 3.16. The van der Waals surface area contributed by atoms with Crippen LogP contribution in [0.5, 0.6) is 0 Å². The molecular weight excluding hydrogens is 284 g/mol. The molecule has 2 rings (SSSR count). The molecule has 1 aliphatic carbocycles. The number of hydrogen-bond acceptors (Lipinski definition) is 3. The minimum absolute atomic E-state index is 0.0113. The topological polar surface area (TPSA) is 72.2 Å². The van der Waals surface area contributed by atoms with E-state index in [2.05, 4.69) is 4.72 Å². The summed E-state index contributed by atoms with van der Waals surface area (Å²) in [6.07, 6.45) is 5.96. The molecule has 0 amide bonds. The second-order valence-electron chi connectivity index (χ2n) is 6.04. The molecule has 1 saturated carbocycles. The van der Waals surface area contributed by atoms with E-state index in [-0.39, 0.29) is 11.8 Å². The Kier molecular flexibility index (Phi) is 5.79. The first-order valence-electron chi connectivity index (χ1n) is 7.78. The van der Waals surface area contributed by atoms with Gasteiger partial charge in [0.1, 0.15) is 0 Å². The van der Waals surface area contributed by atoms with Gasteiger partial charge in [0.25, 0.3) is 0 Å². The lowest BCUT2D eigenvalue weighted by molar-refractivity contribution is 0.303. The Labute approximate surface area is 128 Å². The Bertz CT molecular complexity index is 551. The molecule has 0 aliphatic heterocycles. The van der Waals surface area contributed by atoms with Crippen molar-refractivity contribution in [1.82, 2.24) is 4.72 Å². The third-order valence-corrected chi connectivity index (χ3v) is 5.83. The van der Waals surface area contributed by atoms with E-state index in [1.54, 1.807) is 0 Å². The van der Waals surface area contributed by atoms with Crippen molar-refractivity contribution >= 4 is 10.0 Å². The van der Waals surface area contributed by atoms with E-state index >= 15 is 0 Å². The van der Waals surface area contributed by atoms with Crippen LogP contribution in [0.15, 0.2) is 24.3 Å². The van der Waals surface area contributed by atoms with Gasteiger partial charge in [0.15, 0.2) is 0 Å². The maximum atomic E-state index is 12.4. The zero-order valence-electron chi connectivity index (χ0n) is 12.7. The molecule has 4 nitrogen and oxygen atoms in total. The molecule has 21 heavy (non-hydrogen) atoms. The van der Waals surface area contributed by atoms with Crippen LogP contribution in [0.2, 0.25) is 0 Å². The summed E-state index contributed by atoms with van der Waals surface area (Å²) in [5, 5.41) is 0. The lowest BCUT2D eigenvalue weighted by Crippen LogP contribution is -2.39. The zero-order valence-corrected chi connectivity index (χ0v) is 13.5. The first kappa shape index (κ1) is 16.5. The van der Waals surface area contributed by atoms with E-state index in [0.29, 0.717) is 12.5 Å². The monoisotopic (exact) mass is 310 g/mol. The fourth-order valence-corrected chi connectivity index (χ4v) is 4.69. The van der Waals surface area contributed by atoms with Crippen molar-refractivity contribution in [2.24, 2.45) is 11.7 Å². The van der Waals surface area contributed by atoms with Crippen LogP contribution in [0, 0.1) is 5.92 Å². The normalized spacial score (nSPS) is 18.6. The summed E-state index contributed by atoms with van der Waals surface area (Å²) in [5.74, 6) is 0.482. The SMILES string of the molecule is CC(NS(=O)(=O)Cc1ccccc1CN)C1CCCCC1. The third kappa shape index (κ3) is 4.80. The Hall–Kier alpha value is -0.910. The second kappa shape index (κ2) is 7.38. The predicted molar refractivity (Wildman–Crippen MR) is 86.1 cm³/mol. The molecule has 0 saturated heterocycles. The van der Waals surface area contributed by atoms with Crippen molar-refractivity contribution in [3.05, 3.63) is 35.4 Å². The van der Waals surface area contributed by atoms with Crippen LogP contribution >= 0.6 is 0 Å². The number of hydrogen-bond donors (Lipinski definition) is 2. The Morgan fingerprint density at radius 3 is 2.43 bits per heavy atom. The third-order valence-electron chi connectivity index (χ3n) is 4.41. The van der Waals surface area contributed by atoms with Gasteiger partial charge in [0.2, 0.25) is 10.0 Å². The lowest BCUT2D eigenvalue weighted by atomic mass is 9.85. The standard InChI is InChI=1S/C16H26N2O2S/c1-13(14-7-3-2-4-8-14)18-21(19,20)12-16-10-6-5-9-15(16)11-17/h5-6,9-10,13-14,18H,2-4,7-8,11-12,17H2,1H3. The molecule has 118 valence electrons. The summed E-state index contributed by atoms with van der Waals surface area (Å²) in [4.78, 5) is 0. The molecule has 1 aliphatic rings. The van der Waals surface area contributed by atoms with Gasteiger partial charge >= 0.3 is 0 Å². The van der Waals surface area contributed by atoms with Gasteiger partial charge in [-0.2, -0.15) is 0 Å². The van der Waals surface area contributed by atoms with Crippen molar-refractivity contribution in [1.29, 1.82) is 0 Å². The summed E-state index contributed by atoms with van der Waals surface area (Å²) >= 11 is 0. The van der Waals surface area contributed by atoms with Gasteiger partial charge in [-0.3, -0.25) is 0 Å². The predicted octanol–water partition coefficient (Wildman–Crippen LogP) is 2.53. The van der Waals surface area contributed by atoms with Gasteiger partial charge in [-0.1, -0.05) is 43.5 Å². The summed E-state index contributed by atoms with van der Waals surface area (Å²) in [7, 11) is -3.32. The Morgan fingerprint density at radius 1 is 1.19 bits per heavy atom. The minimum Gasteiger partial charge on any atom is -0.326 e. The maximum absolute atomic E-state index is 12.4. The van der Waals surface area contributed by atoms with Gasteiger partial charge in [0.05, 0.1) is 5.75 Å². The van der Waals surface area contributed by atoms with Crippen LogP contribution < -0.4 is 10.5 Å². The number of rotatable bonds is 6. The van der Waals surface area contributed by atoms with E-state index in [1.807, 2.05) is 31.2 Å². The van der Waals surface area contributed by atoms with Gasteiger partial charge in [-0.25, -0.2) is 13.1 Å². The largest absolute Gasteiger partial charge is 0.326 e. The van der Waals surface area contributed by atoms with Gasteiger partial charge in [-0.05, 0) is 36.8 Å². The molecule has 1 aromatic carbocycles. The highest BCUT2D eigenvalue weighted by Crippen LogP contribution is 2.26. The molecule has 1 aromatic rings. The summed E-state index contributed by atoms with van der Waals surface area (Å²) in [6, 6.07) is 7.48. The molecular formula is C16H26N2O2S. The van der Waals surface area contributed by atoms with Crippen molar-refractivity contribution in [3.8, 4) is 0 Å². The fraction of sp³-hybridized carbons (Fsp3) is 0.625.